The first-order valence-corrected chi connectivity index (χ1v) is 6.06. The summed E-state index contributed by atoms with van der Waals surface area (Å²) in [5.74, 6) is 0.544. The summed E-state index contributed by atoms with van der Waals surface area (Å²) in [6, 6.07) is 10.5. The van der Waals surface area contributed by atoms with E-state index in [9.17, 15) is 4.39 Å². The highest BCUT2D eigenvalue weighted by atomic mass is 79.9. The van der Waals surface area contributed by atoms with Crippen molar-refractivity contribution in [3.05, 3.63) is 57.9 Å². The summed E-state index contributed by atoms with van der Waals surface area (Å²) in [6.45, 7) is 2.35. The molecule has 0 fully saturated rings. The van der Waals surface area contributed by atoms with Crippen molar-refractivity contribution in [1.82, 2.24) is 4.98 Å². The van der Waals surface area contributed by atoms with Crippen LogP contribution in [0.2, 0.25) is 0 Å². The maximum Gasteiger partial charge on any atom is 0.128 e. The predicted molar refractivity (Wildman–Crippen MR) is 70.4 cm³/mol. The van der Waals surface area contributed by atoms with Gasteiger partial charge in [0.2, 0.25) is 0 Å². The second kappa shape index (κ2) is 5.27. The fourth-order valence-electron chi connectivity index (χ4n) is 1.47. The van der Waals surface area contributed by atoms with E-state index in [1.54, 1.807) is 12.1 Å². The van der Waals surface area contributed by atoms with Gasteiger partial charge in [0.25, 0.3) is 0 Å². The number of aromatic nitrogens is 1. The molecule has 0 saturated heterocycles. The first-order chi connectivity index (χ1) is 8.16. The number of nitrogens with zero attached hydrogens (tertiary/aromatic N) is 1. The highest BCUT2D eigenvalue weighted by Crippen LogP contribution is 2.17. The van der Waals surface area contributed by atoms with Crippen LogP contribution in [0.3, 0.4) is 0 Å². The normalized spacial score (nSPS) is 10.3. The van der Waals surface area contributed by atoms with Gasteiger partial charge < -0.3 is 5.32 Å². The minimum atomic E-state index is -0.200. The molecule has 0 radical (unpaired) electrons. The zero-order valence-corrected chi connectivity index (χ0v) is 11.0. The lowest BCUT2D eigenvalue weighted by Crippen LogP contribution is -2.03. The summed E-state index contributed by atoms with van der Waals surface area (Å²) in [4.78, 5) is 4.34. The summed E-state index contributed by atoms with van der Waals surface area (Å²) in [6.07, 6.45) is 0. The fourth-order valence-corrected chi connectivity index (χ4v) is 1.69. The van der Waals surface area contributed by atoms with E-state index in [0.29, 0.717) is 12.1 Å². The Morgan fingerprint density at radius 1 is 1.24 bits per heavy atom. The van der Waals surface area contributed by atoms with Crippen molar-refractivity contribution in [3.8, 4) is 0 Å². The molecule has 2 rings (SSSR count). The van der Waals surface area contributed by atoms with Crippen molar-refractivity contribution in [1.29, 1.82) is 0 Å². The van der Waals surface area contributed by atoms with Gasteiger partial charge in [-0.05, 0) is 41.1 Å². The van der Waals surface area contributed by atoms with Gasteiger partial charge in [-0.3, -0.25) is 0 Å². The van der Waals surface area contributed by atoms with Crippen LogP contribution in [0.5, 0.6) is 0 Å². The first-order valence-electron chi connectivity index (χ1n) is 5.27. The summed E-state index contributed by atoms with van der Waals surface area (Å²) >= 11 is 3.39. The van der Waals surface area contributed by atoms with Crippen LogP contribution in [0, 0.1) is 12.7 Å². The fraction of sp³-hybridized carbons (Fsp3) is 0.154. The van der Waals surface area contributed by atoms with E-state index < -0.39 is 0 Å². The SMILES string of the molecule is Cc1nc(NCc2ccccc2F)ccc1Br. The van der Waals surface area contributed by atoms with E-state index in [4.69, 9.17) is 0 Å². The molecule has 1 N–H and O–H groups in total. The van der Waals surface area contributed by atoms with Gasteiger partial charge in [0, 0.05) is 16.6 Å². The zero-order chi connectivity index (χ0) is 12.3. The van der Waals surface area contributed by atoms with Crippen molar-refractivity contribution in [2.45, 2.75) is 13.5 Å². The Labute approximate surface area is 108 Å². The van der Waals surface area contributed by atoms with Crippen LogP contribution in [-0.4, -0.2) is 4.98 Å². The van der Waals surface area contributed by atoms with Gasteiger partial charge >= 0.3 is 0 Å². The third-order valence-corrected chi connectivity index (χ3v) is 3.28. The lowest BCUT2D eigenvalue weighted by atomic mass is 10.2. The van der Waals surface area contributed by atoms with Crippen LogP contribution < -0.4 is 5.32 Å². The maximum absolute atomic E-state index is 13.4. The molecular formula is C13H12BrFN2. The number of hydrogen-bond donors (Lipinski definition) is 1. The Hall–Kier alpha value is -1.42. The third-order valence-electron chi connectivity index (χ3n) is 2.44. The molecule has 0 unspecified atom stereocenters. The molecule has 0 atom stereocenters. The molecule has 0 saturated carbocycles. The average molecular weight is 295 g/mol. The lowest BCUT2D eigenvalue weighted by molar-refractivity contribution is 0.613. The molecule has 0 aliphatic carbocycles. The van der Waals surface area contributed by atoms with Crippen LogP contribution in [0.4, 0.5) is 10.2 Å². The average Bonchev–Trinajstić information content (AvgIpc) is 2.32. The molecular weight excluding hydrogens is 283 g/mol. The number of anilines is 1. The minimum absolute atomic E-state index is 0.200. The van der Waals surface area contributed by atoms with E-state index in [-0.39, 0.29) is 5.82 Å². The molecule has 0 spiro atoms. The van der Waals surface area contributed by atoms with Crippen molar-refractivity contribution >= 4 is 21.7 Å². The van der Waals surface area contributed by atoms with Gasteiger partial charge in [0.1, 0.15) is 11.6 Å². The Morgan fingerprint density at radius 3 is 2.71 bits per heavy atom. The number of rotatable bonds is 3. The van der Waals surface area contributed by atoms with Gasteiger partial charge in [-0.15, -0.1) is 0 Å². The van der Waals surface area contributed by atoms with Crippen LogP contribution in [-0.2, 0) is 6.54 Å². The van der Waals surface area contributed by atoms with Crippen molar-refractivity contribution in [3.63, 3.8) is 0 Å². The molecule has 1 heterocycles. The number of benzene rings is 1. The molecule has 2 aromatic rings. The van der Waals surface area contributed by atoms with Gasteiger partial charge in [0.15, 0.2) is 0 Å². The number of halogens is 2. The molecule has 0 bridgehead atoms. The van der Waals surface area contributed by atoms with Gasteiger partial charge in [-0.1, -0.05) is 18.2 Å². The summed E-state index contributed by atoms with van der Waals surface area (Å²) in [5, 5.41) is 3.10. The van der Waals surface area contributed by atoms with E-state index >= 15 is 0 Å². The van der Waals surface area contributed by atoms with E-state index in [2.05, 4.69) is 26.2 Å². The Morgan fingerprint density at radius 2 is 2.00 bits per heavy atom. The monoisotopic (exact) mass is 294 g/mol. The molecule has 0 amide bonds. The van der Waals surface area contributed by atoms with Crippen LogP contribution in [0.15, 0.2) is 40.9 Å². The topological polar surface area (TPSA) is 24.9 Å². The zero-order valence-electron chi connectivity index (χ0n) is 9.37. The largest absolute Gasteiger partial charge is 0.366 e. The van der Waals surface area contributed by atoms with Gasteiger partial charge in [-0.2, -0.15) is 0 Å². The Balaban J connectivity index is 2.08. The molecule has 0 aliphatic heterocycles. The van der Waals surface area contributed by atoms with Crippen molar-refractivity contribution < 1.29 is 4.39 Å². The lowest BCUT2D eigenvalue weighted by Gasteiger charge is -2.07. The smallest absolute Gasteiger partial charge is 0.128 e. The number of aryl methyl sites for hydroxylation is 1. The predicted octanol–water partition coefficient (Wildman–Crippen LogP) is 3.90. The summed E-state index contributed by atoms with van der Waals surface area (Å²) < 4.78 is 14.3. The quantitative estimate of drug-likeness (QED) is 0.928. The number of pyridine rings is 1. The minimum Gasteiger partial charge on any atom is -0.366 e. The van der Waals surface area contributed by atoms with E-state index in [1.165, 1.54) is 6.07 Å². The third kappa shape index (κ3) is 3.03. The molecule has 2 nitrogen and oxygen atoms in total. The van der Waals surface area contributed by atoms with Crippen molar-refractivity contribution in [2.24, 2.45) is 0 Å². The van der Waals surface area contributed by atoms with Crippen LogP contribution in [0.25, 0.3) is 0 Å². The Bertz CT molecular complexity index is 529. The highest BCUT2D eigenvalue weighted by molar-refractivity contribution is 9.10. The first kappa shape index (κ1) is 12.0. The van der Waals surface area contributed by atoms with E-state index in [1.807, 2.05) is 25.1 Å². The molecule has 1 aromatic heterocycles. The van der Waals surface area contributed by atoms with Crippen LogP contribution >= 0.6 is 15.9 Å². The second-order valence-electron chi connectivity index (χ2n) is 3.71. The molecule has 4 heteroatoms. The molecule has 1 aromatic carbocycles. The standard InChI is InChI=1S/C13H12BrFN2/c1-9-11(14)6-7-13(17-9)16-8-10-4-2-3-5-12(10)15/h2-7H,8H2,1H3,(H,16,17). The second-order valence-corrected chi connectivity index (χ2v) is 4.56. The summed E-state index contributed by atoms with van der Waals surface area (Å²) in [5.41, 5.74) is 1.54. The number of nitrogens with one attached hydrogen (secondary N) is 1. The van der Waals surface area contributed by atoms with Crippen LogP contribution in [0.1, 0.15) is 11.3 Å². The molecule has 88 valence electrons. The number of hydrogen-bond acceptors (Lipinski definition) is 2. The van der Waals surface area contributed by atoms with Gasteiger partial charge in [-0.25, -0.2) is 9.37 Å². The maximum atomic E-state index is 13.4. The molecule has 17 heavy (non-hydrogen) atoms. The summed E-state index contributed by atoms with van der Waals surface area (Å²) in [7, 11) is 0. The van der Waals surface area contributed by atoms with Crippen molar-refractivity contribution in [2.75, 3.05) is 5.32 Å². The highest BCUT2D eigenvalue weighted by Gasteiger charge is 2.02. The van der Waals surface area contributed by atoms with E-state index in [0.717, 1.165) is 16.0 Å². The van der Waals surface area contributed by atoms with Gasteiger partial charge in [0.05, 0.1) is 5.69 Å². The Kier molecular flexibility index (Phi) is 3.74. The molecule has 0 aliphatic rings.